The first kappa shape index (κ1) is 23.0. The molecule has 4 aliphatic rings. The molecule has 3 aliphatic carbocycles. The number of hydrogen-bond donors (Lipinski definition) is 0. The molecule has 1 heterocycles. The van der Waals surface area contributed by atoms with Crippen LogP contribution in [0.2, 0.25) is 0 Å². The van der Waals surface area contributed by atoms with E-state index in [1.807, 2.05) is 30.3 Å². The average Bonchev–Trinajstić information content (AvgIpc) is 3.14. The summed E-state index contributed by atoms with van der Waals surface area (Å²) in [5.74, 6) is 2.28. The molecule has 0 spiro atoms. The Morgan fingerprint density at radius 2 is 1.73 bits per heavy atom. The summed E-state index contributed by atoms with van der Waals surface area (Å²) in [6.45, 7) is 6.79. The van der Waals surface area contributed by atoms with Gasteiger partial charge in [-0.25, -0.2) is 4.79 Å². The lowest BCUT2D eigenvalue weighted by atomic mass is 9.46. The molecule has 5 nitrogen and oxygen atoms in total. The van der Waals surface area contributed by atoms with E-state index in [9.17, 15) is 14.8 Å². The van der Waals surface area contributed by atoms with Crippen LogP contribution < -0.4 is 4.74 Å². The summed E-state index contributed by atoms with van der Waals surface area (Å²) in [6, 6.07) is 9.29. The van der Waals surface area contributed by atoms with Crippen LogP contribution in [0, 0.1) is 45.6 Å². The van der Waals surface area contributed by atoms with Crippen molar-refractivity contribution in [3.8, 4) is 5.75 Å². The van der Waals surface area contributed by atoms with Gasteiger partial charge in [0.2, 0.25) is 0 Å². The highest BCUT2D eigenvalue weighted by Gasteiger charge is 2.64. The number of amides is 1. The van der Waals surface area contributed by atoms with Crippen LogP contribution in [-0.2, 0) is 9.59 Å². The molecule has 1 aromatic carbocycles. The second-order valence-corrected chi connectivity index (χ2v) is 12.1. The number of benzene rings is 1. The fourth-order valence-corrected chi connectivity index (χ4v) is 9.09. The van der Waals surface area contributed by atoms with Crippen molar-refractivity contribution in [1.29, 1.82) is 0 Å². The maximum atomic E-state index is 13.3. The number of para-hydroxylation sites is 1. The molecule has 9 atom stereocenters. The number of carbonyl (C=O) groups is 2. The van der Waals surface area contributed by atoms with Gasteiger partial charge >= 0.3 is 11.9 Å². The number of hydroxylamine groups is 3. The van der Waals surface area contributed by atoms with E-state index < -0.39 is 4.65 Å². The van der Waals surface area contributed by atoms with Gasteiger partial charge in [-0.05, 0) is 79.7 Å². The van der Waals surface area contributed by atoms with E-state index in [0.717, 1.165) is 44.9 Å². The number of rotatable bonds is 3. The van der Waals surface area contributed by atoms with Crippen LogP contribution in [0.3, 0.4) is 0 Å². The molecular weight excluding hydrogens is 414 g/mol. The number of piperidine rings is 1. The van der Waals surface area contributed by atoms with Crippen LogP contribution in [0.5, 0.6) is 5.75 Å². The molecule has 0 radical (unpaired) electrons. The normalized spacial score (nSPS) is 45.5. The van der Waals surface area contributed by atoms with Crippen molar-refractivity contribution in [2.24, 2.45) is 40.4 Å². The maximum Gasteiger partial charge on any atom is 0.314 e. The molecular formula is C28H39NO4. The van der Waals surface area contributed by atoms with Crippen LogP contribution in [-0.4, -0.2) is 29.6 Å². The van der Waals surface area contributed by atoms with E-state index in [1.54, 1.807) is 7.05 Å². The van der Waals surface area contributed by atoms with Gasteiger partial charge < -0.3 is 9.94 Å². The Morgan fingerprint density at radius 1 is 1.03 bits per heavy atom. The van der Waals surface area contributed by atoms with Gasteiger partial charge in [0.1, 0.15) is 11.8 Å². The Kier molecular flexibility index (Phi) is 5.52. The molecule has 1 aromatic rings. The van der Waals surface area contributed by atoms with Crippen LogP contribution >= 0.6 is 0 Å². The quantitative estimate of drug-likeness (QED) is 0.254. The predicted molar refractivity (Wildman–Crippen MR) is 127 cm³/mol. The topological polar surface area (TPSA) is 66.4 Å². The molecule has 5 heteroatoms. The highest BCUT2D eigenvalue weighted by molar-refractivity contribution is 5.75. The minimum Gasteiger partial charge on any atom is -0.625 e. The van der Waals surface area contributed by atoms with Crippen molar-refractivity contribution in [3.63, 3.8) is 0 Å². The highest BCUT2D eigenvalue weighted by atomic mass is 16.6. The maximum absolute atomic E-state index is 13.3. The van der Waals surface area contributed by atoms with Gasteiger partial charge in [-0.3, -0.25) is 9.44 Å². The van der Waals surface area contributed by atoms with Gasteiger partial charge in [-0.1, -0.05) is 39.0 Å². The minimum atomic E-state index is -0.674. The van der Waals surface area contributed by atoms with Gasteiger partial charge in [-0.2, -0.15) is 0 Å². The van der Waals surface area contributed by atoms with E-state index in [2.05, 4.69) is 20.8 Å². The number of nitrogens with zero attached hydrogens (tertiary/aromatic N) is 1. The van der Waals surface area contributed by atoms with E-state index in [4.69, 9.17) is 4.74 Å². The lowest BCUT2D eigenvalue weighted by Crippen LogP contribution is -2.67. The highest BCUT2D eigenvalue weighted by Crippen LogP contribution is 2.67. The molecule has 180 valence electrons. The molecule has 3 saturated carbocycles. The van der Waals surface area contributed by atoms with Crippen molar-refractivity contribution < 1.29 is 19.0 Å². The molecule has 4 fully saturated rings. The Bertz CT molecular complexity index is 929. The smallest absolute Gasteiger partial charge is 0.314 e. The van der Waals surface area contributed by atoms with Gasteiger partial charge in [0.05, 0.1) is 19.4 Å². The zero-order chi connectivity index (χ0) is 23.6. The molecule has 1 saturated heterocycles. The summed E-state index contributed by atoms with van der Waals surface area (Å²) in [7, 11) is 1.60. The third-order valence-corrected chi connectivity index (χ3v) is 10.8. The zero-order valence-corrected chi connectivity index (χ0v) is 20.6. The number of carbonyl (C=O) groups excluding carboxylic acids is 2. The minimum absolute atomic E-state index is 0.0510. The van der Waals surface area contributed by atoms with Gasteiger partial charge in [0.25, 0.3) is 0 Å². The Balaban J connectivity index is 1.35. The molecule has 33 heavy (non-hydrogen) atoms. The van der Waals surface area contributed by atoms with Crippen LogP contribution in [0.15, 0.2) is 30.3 Å². The van der Waals surface area contributed by atoms with Gasteiger partial charge in [0.15, 0.2) is 0 Å². The summed E-state index contributed by atoms with van der Waals surface area (Å²) in [6.07, 6.45) is 7.62. The lowest BCUT2D eigenvalue weighted by molar-refractivity contribution is -0.829. The lowest BCUT2D eigenvalue weighted by Gasteiger charge is -2.64. The Hall–Kier alpha value is -1.72. The number of esters is 1. The SMILES string of the molecule is C[C@H](C(=O)Oc1ccccc1)[C@H]1CC[C@H]2[C@@H]3CC[C@@H]4[C@](C)(CCC(=O)[N+]4(C)[O-])[C@H]3CC[C@]12C. The number of likely N-dealkylation sites (tertiary alicyclic amines) is 1. The predicted octanol–water partition coefficient (Wildman–Crippen LogP) is 5.72. The van der Waals surface area contributed by atoms with Crippen molar-refractivity contribution in [1.82, 2.24) is 0 Å². The average molecular weight is 454 g/mol. The second kappa shape index (κ2) is 7.91. The van der Waals surface area contributed by atoms with Crippen LogP contribution in [0.25, 0.3) is 0 Å². The van der Waals surface area contributed by atoms with Gasteiger partial charge in [-0.15, -0.1) is 0 Å². The molecule has 1 aliphatic heterocycles. The largest absolute Gasteiger partial charge is 0.625 e. The monoisotopic (exact) mass is 453 g/mol. The van der Waals surface area contributed by atoms with E-state index in [1.165, 1.54) is 0 Å². The number of fused-ring (bicyclic) bond motifs is 5. The van der Waals surface area contributed by atoms with Crippen LogP contribution in [0.4, 0.5) is 0 Å². The second-order valence-electron chi connectivity index (χ2n) is 12.1. The molecule has 0 N–H and O–H groups in total. The molecule has 1 amide bonds. The van der Waals surface area contributed by atoms with Crippen molar-refractivity contribution >= 4 is 11.9 Å². The number of ether oxygens (including phenoxy) is 1. The summed E-state index contributed by atoms with van der Waals surface area (Å²) >= 11 is 0. The number of quaternary nitrogens is 1. The summed E-state index contributed by atoms with van der Waals surface area (Å²) < 4.78 is 5.06. The third-order valence-electron chi connectivity index (χ3n) is 10.8. The van der Waals surface area contributed by atoms with Gasteiger partial charge in [0, 0.05) is 11.8 Å². The first-order chi connectivity index (χ1) is 15.6. The first-order valence-corrected chi connectivity index (χ1v) is 13.0. The summed E-state index contributed by atoms with van der Waals surface area (Å²) in [5.41, 5.74) is 0.0875. The van der Waals surface area contributed by atoms with Crippen molar-refractivity contribution in [2.75, 3.05) is 7.05 Å². The molecule has 5 rings (SSSR count). The van der Waals surface area contributed by atoms with Crippen molar-refractivity contribution in [2.45, 2.75) is 78.2 Å². The molecule has 1 unspecified atom stereocenters. The van der Waals surface area contributed by atoms with Crippen LogP contribution in [0.1, 0.15) is 72.1 Å². The fourth-order valence-electron chi connectivity index (χ4n) is 9.09. The van der Waals surface area contributed by atoms with E-state index in [-0.39, 0.29) is 34.7 Å². The summed E-state index contributed by atoms with van der Waals surface area (Å²) in [4.78, 5) is 25.5. The number of hydrogen-bond acceptors (Lipinski definition) is 4. The standard InChI is InChI=1S/C28H39NO4/c1-18(26(31)33-19-8-6-5-7-9-19)21-11-12-22-20-10-13-24-28(3,17-15-25(30)29(24,4)32)23(20)14-16-27(21,22)2/h5-9,18,20-24H,10-17H2,1-4H3/t18-,20-,21+,22-,23-,24+,27+,28+,29?/m0/s1. The summed E-state index contributed by atoms with van der Waals surface area (Å²) in [5, 5.41) is 13.3. The van der Waals surface area contributed by atoms with E-state index >= 15 is 0 Å². The van der Waals surface area contributed by atoms with E-state index in [0.29, 0.717) is 35.8 Å². The molecule has 0 bridgehead atoms. The zero-order valence-electron chi connectivity index (χ0n) is 20.6. The Labute approximate surface area is 198 Å². The third kappa shape index (κ3) is 3.41. The fraction of sp³-hybridized carbons (Fsp3) is 0.714. The first-order valence-electron chi connectivity index (χ1n) is 13.0. The Morgan fingerprint density at radius 3 is 2.45 bits per heavy atom. The van der Waals surface area contributed by atoms with Crippen molar-refractivity contribution in [3.05, 3.63) is 35.5 Å². The molecule has 0 aromatic heterocycles.